The summed E-state index contributed by atoms with van der Waals surface area (Å²) in [4.78, 5) is 19.1. The number of thiazole rings is 1. The summed E-state index contributed by atoms with van der Waals surface area (Å²) in [6, 6.07) is 18.3. The Labute approximate surface area is 232 Å². The van der Waals surface area contributed by atoms with Crippen LogP contribution in [0.15, 0.2) is 78.3 Å². The van der Waals surface area contributed by atoms with Crippen LogP contribution in [0, 0.1) is 11.2 Å². The van der Waals surface area contributed by atoms with E-state index in [4.69, 9.17) is 26.5 Å². The number of hydrogen-bond acceptors (Lipinski definition) is 5. The summed E-state index contributed by atoms with van der Waals surface area (Å²) >= 11 is 7.68. The molecular formula is C29H24ClFN4O3S. The molecule has 3 aromatic carbocycles. The summed E-state index contributed by atoms with van der Waals surface area (Å²) in [6.07, 6.45) is 1.98. The lowest BCUT2D eigenvalue weighted by atomic mass is 9.92. The van der Waals surface area contributed by atoms with Crippen molar-refractivity contribution < 1.29 is 18.7 Å². The van der Waals surface area contributed by atoms with Gasteiger partial charge in [-0.3, -0.25) is 10.3 Å². The second-order valence-corrected chi connectivity index (χ2v) is 10.5. The van der Waals surface area contributed by atoms with Gasteiger partial charge in [-0.05, 0) is 72.1 Å². The summed E-state index contributed by atoms with van der Waals surface area (Å²) in [6.45, 7) is 1.44. The van der Waals surface area contributed by atoms with Crippen molar-refractivity contribution in [2.45, 2.75) is 19.0 Å². The Morgan fingerprint density at radius 2 is 1.87 bits per heavy atom. The van der Waals surface area contributed by atoms with Crippen molar-refractivity contribution in [2.75, 3.05) is 13.2 Å². The number of fused-ring (bicyclic) bond motifs is 3. The molecule has 0 radical (unpaired) electrons. The van der Waals surface area contributed by atoms with Gasteiger partial charge in [0, 0.05) is 39.7 Å². The van der Waals surface area contributed by atoms with Gasteiger partial charge < -0.3 is 19.0 Å². The molecule has 0 aliphatic carbocycles. The number of ether oxygens (including phenoxy) is 2. The van der Waals surface area contributed by atoms with Crippen LogP contribution in [-0.4, -0.2) is 33.7 Å². The molecule has 7 nitrogen and oxygen atoms in total. The first kappa shape index (κ1) is 25.2. The number of carbonyl (C=O) groups excluding carboxylic acids is 1. The zero-order chi connectivity index (χ0) is 26.9. The third kappa shape index (κ3) is 5.15. The smallest absolute Gasteiger partial charge is 0.416 e. The Bertz CT molecular complexity index is 1690. The molecule has 10 heteroatoms. The molecule has 198 valence electrons. The van der Waals surface area contributed by atoms with Crippen LogP contribution < -0.4 is 14.3 Å². The third-order valence-electron chi connectivity index (χ3n) is 6.82. The average Bonchev–Trinajstić information content (AvgIpc) is 3.52. The largest absolute Gasteiger partial charge is 0.492 e. The van der Waals surface area contributed by atoms with Crippen molar-refractivity contribution in [3.8, 4) is 11.5 Å². The fourth-order valence-corrected chi connectivity index (χ4v) is 5.75. The molecule has 1 aliphatic rings. The average molecular weight is 563 g/mol. The summed E-state index contributed by atoms with van der Waals surface area (Å²) in [5, 5.41) is 11.4. The molecule has 1 amide bonds. The van der Waals surface area contributed by atoms with Gasteiger partial charge in [-0.25, -0.2) is 9.18 Å². The number of carbonyl (C=O) groups is 1. The zero-order valence-corrected chi connectivity index (χ0v) is 22.3. The van der Waals surface area contributed by atoms with Crippen molar-refractivity contribution in [3.05, 3.63) is 111 Å². The first-order chi connectivity index (χ1) is 19.0. The van der Waals surface area contributed by atoms with Crippen LogP contribution in [0.1, 0.15) is 22.9 Å². The second kappa shape index (κ2) is 10.6. The van der Waals surface area contributed by atoms with Crippen LogP contribution in [-0.2, 0) is 13.0 Å². The van der Waals surface area contributed by atoms with E-state index in [1.54, 1.807) is 4.90 Å². The number of halogens is 2. The molecule has 5 aromatic rings. The standard InChI is InChI=1S/C29H24ClFN4O3S/c30-19-3-10-25-24(17-19)23-11-12-35(29(36)38-22-8-4-20(31)5-9-22)27(26(23)33-25)18-1-6-21(7-2-18)37-15-13-34-14-16-39-28(34)32/h1-10,14,16-17,27,32-33H,11-13,15H2. The molecule has 39 heavy (non-hydrogen) atoms. The number of H-pyrrole nitrogens is 1. The molecule has 1 atom stereocenters. The molecule has 6 rings (SSSR count). The minimum Gasteiger partial charge on any atom is -0.492 e. The van der Waals surface area contributed by atoms with Gasteiger partial charge >= 0.3 is 6.09 Å². The van der Waals surface area contributed by atoms with Crippen LogP contribution in [0.2, 0.25) is 5.02 Å². The van der Waals surface area contributed by atoms with E-state index in [0.717, 1.165) is 27.7 Å². The van der Waals surface area contributed by atoms with E-state index in [2.05, 4.69) is 4.98 Å². The first-order valence-electron chi connectivity index (χ1n) is 12.4. The van der Waals surface area contributed by atoms with Crippen molar-refractivity contribution in [1.82, 2.24) is 14.5 Å². The SMILES string of the molecule is N=c1sccn1CCOc1ccc(C2c3[nH]c4ccc(Cl)cc4c3CCN2C(=O)Oc2ccc(F)cc2)cc1. The molecule has 2 aromatic heterocycles. The monoisotopic (exact) mass is 562 g/mol. The molecule has 0 bridgehead atoms. The number of aromatic nitrogens is 2. The number of nitrogens with zero attached hydrogens (tertiary/aromatic N) is 2. The van der Waals surface area contributed by atoms with E-state index in [0.29, 0.717) is 41.7 Å². The fourth-order valence-electron chi connectivity index (χ4n) is 4.95. The van der Waals surface area contributed by atoms with Gasteiger partial charge in [-0.15, -0.1) is 11.3 Å². The number of benzene rings is 3. The number of rotatable bonds is 6. The molecule has 2 N–H and O–H groups in total. The summed E-state index contributed by atoms with van der Waals surface area (Å²) in [7, 11) is 0. The van der Waals surface area contributed by atoms with Crippen molar-refractivity contribution >= 4 is 39.9 Å². The highest BCUT2D eigenvalue weighted by Gasteiger charge is 2.35. The molecule has 0 saturated carbocycles. The third-order valence-corrected chi connectivity index (χ3v) is 7.77. The predicted molar refractivity (Wildman–Crippen MR) is 148 cm³/mol. The Morgan fingerprint density at radius 3 is 2.62 bits per heavy atom. The maximum Gasteiger partial charge on any atom is 0.416 e. The maximum absolute atomic E-state index is 13.4. The zero-order valence-electron chi connectivity index (χ0n) is 20.7. The number of aromatic amines is 1. The Hall–Kier alpha value is -4.08. The first-order valence-corrected chi connectivity index (χ1v) is 13.7. The van der Waals surface area contributed by atoms with Crippen molar-refractivity contribution in [2.24, 2.45) is 0 Å². The van der Waals surface area contributed by atoms with E-state index in [9.17, 15) is 9.18 Å². The Kier molecular flexibility index (Phi) is 6.85. The van der Waals surface area contributed by atoms with Crippen LogP contribution in [0.3, 0.4) is 0 Å². The molecular weight excluding hydrogens is 539 g/mol. The van der Waals surface area contributed by atoms with E-state index in [-0.39, 0.29) is 5.75 Å². The minimum absolute atomic E-state index is 0.275. The summed E-state index contributed by atoms with van der Waals surface area (Å²) in [5.74, 6) is 0.571. The summed E-state index contributed by atoms with van der Waals surface area (Å²) in [5.41, 5.74) is 3.85. The van der Waals surface area contributed by atoms with Crippen LogP contribution in [0.4, 0.5) is 9.18 Å². The van der Waals surface area contributed by atoms with Crippen LogP contribution in [0.25, 0.3) is 10.9 Å². The van der Waals surface area contributed by atoms with E-state index in [1.165, 1.54) is 35.6 Å². The van der Waals surface area contributed by atoms with Crippen molar-refractivity contribution in [1.29, 1.82) is 5.41 Å². The predicted octanol–water partition coefficient (Wildman–Crippen LogP) is 6.53. The minimum atomic E-state index is -0.520. The lowest BCUT2D eigenvalue weighted by Gasteiger charge is -2.35. The maximum atomic E-state index is 13.4. The Balaban J connectivity index is 1.29. The molecule has 0 fully saturated rings. The lowest BCUT2D eigenvalue weighted by molar-refractivity contribution is 0.135. The van der Waals surface area contributed by atoms with Crippen LogP contribution >= 0.6 is 22.9 Å². The van der Waals surface area contributed by atoms with Gasteiger partial charge in [-0.2, -0.15) is 0 Å². The highest BCUT2D eigenvalue weighted by atomic mass is 35.5. The van der Waals surface area contributed by atoms with Crippen LogP contribution in [0.5, 0.6) is 11.5 Å². The quantitative estimate of drug-likeness (QED) is 0.247. The number of hydrogen-bond donors (Lipinski definition) is 2. The molecule has 1 unspecified atom stereocenters. The topological polar surface area (TPSA) is 83.3 Å². The van der Waals surface area contributed by atoms with E-state index in [1.807, 2.05) is 58.6 Å². The lowest BCUT2D eigenvalue weighted by Crippen LogP contribution is -2.42. The molecule has 0 spiro atoms. The Morgan fingerprint density at radius 1 is 1.10 bits per heavy atom. The van der Waals surface area contributed by atoms with Gasteiger partial charge in [0.15, 0.2) is 4.80 Å². The second-order valence-electron chi connectivity index (χ2n) is 9.19. The van der Waals surface area contributed by atoms with Gasteiger partial charge in [0.1, 0.15) is 30.0 Å². The highest BCUT2D eigenvalue weighted by Crippen LogP contribution is 2.40. The van der Waals surface area contributed by atoms with Gasteiger partial charge in [0.05, 0.1) is 6.54 Å². The van der Waals surface area contributed by atoms with E-state index < -0.39 is 18.0 Å². The van der Waals surface area contributed by atoms with E-state index >= 15 is 0 Å². The molecule has 0 saturated heterocycles. The van der Waals surface area contributed by atoms with Gasteiger partial charge in [0.25, 0.3) is 0 Å². The molecule has 1 aliphatic heterocycles. The fraction of sp³-hybridized carbons (Fsp3) is 0.172. The highest BCUT2D eigenvalue weighted by molar-refractivity contribution is 7.06. The number of amides is 1. The van der Waals surface area contributed by atoms with Crippen molar-refractivity contribution in [3.63, 3.8) is 0 Å². The van der Waals surface area contributed by atoms with Gasteiger partial charge in [0.2, 0.25) is 0 Å². The summed E-state index contributed by atoms with van der Waals surface area (Å²) < 4.78 is 26.7. The normalized spacial score (nSPS) is 14.8. The number of nitrogens with one attached hydrogen (secondary N) is 2. The van der Waals surface area contributed by atoms with Gasteiger partial charge in [-0.1, -0.05) is 23.7 Å². The molecule has 3 heterocycles.